The van der Waals surface area contributed by atoms with Crippen LogP contribution in [0.5, 0.6) is 0 Å². The number of nitrogens with zero attached hydrogens (tertiary/aromatic N) is 1. The second kappa shape index (κ2) is 9.61. The Bertz CT molecular complexity index is 739. The third-order valence-corrected chi connectivity index (χ3v) is 3.99. The summed E-state index contributed by atoms with van der Waals surface area (Å²) in [4.78, 5) is 26.0. The molecule has 138 valence electrons. The van der Waals surface area contributed by atoms with Crippen LogP contribution < -0.4 is 10.2 Å². The Kier molecular flexibility index (Phi) is 7.21. The molecular formula is C21H26N2O3. The van der Waals surface area contributed by atoms with Crippen molar-refractivity contribution in [2.45, 2.75) is 26.2 Å². The molecule has 0 saturated heterocycles. The standard InChI is InChI=1S/C21H26N2O3/c1-4-5-7-16-10-12-18(13-11-16)22-20(24)15-26-21(25)17-8-6-9-19(14-17)23(2)3/h6,8-14H,4-5,7,15H2,1-3H3,(H,22,24). The Morgan fingerprint density at radius 1 is 1.08 bits per heavy atom. The zero-order chi connectivity index (χ0) is 18.9. The van der Waals surface area contributed by atoms with E-state index >= 15 is 0 Å². The molecule has 26 heavy (non-hydrogen) atoms. The van der Waals surface area contributed by atoms with Gasteiger partial charge < -0.3 is 15.0 Å². The first kappa shape index (κ1) is 19.5. The van der Waals surface area contributed by atoms with Crippen LogP contribution in [0, 0.1) is 0 Å². The van der Waals surface area contributed by atoms with Gasteiger partial charge in [0, 0.05) is 25.5 Å². The molecule has 0 fully saturated rings. The fraction of sp³-hybridized carbons (Fsp3) is 0.333. The largest absolute Gasteiger partial charge is 0.452 e. The maximum Gasteiger partial charge on any atom is 0.338 e. The Morgan fingerprint density at radius 2 is 1.81 bits per heavy atom. The van der Waals surface area contributed by atoms with Crippen molar-refractivity contribution in [2.24, 2.45) is 0 Å². The van der Waals surface area contributed by atoms with E-state index < -0.39 is 5.97 Å². The highest BCUT2D eigenvalue weighted by atomic mass is 16.5. The average Bonchev–Trinajstić information content (AvgIpc) is 2.65. The molecule has 1 N–H and O–H groups in total. The molecule has 0 atom stereocenters. The molecule has 0 aliphatic heterocycles. The lowest BCUT2D eigenvalue weighted by Gasteiger charge is -2.13. The predicted octanol–water partition coefficient (Wildman–Crippen LogP) is 3.89. The number of nitrogens with one attached hydrogen (secondary N) is 1. The third kappa shape index (κ3) is 5.92. The van der Waals surface area contributed by atoms with E-state index in [1.54, 1.807) is 18.2 Å². The molecule has 5 nitrogen and oxygen atoms in total. The fourth-order valence-electron chi connectivity index (χ4n) is 2.46. The number of aryl methyl sites for hydroxylation is 1. The van der Waals surface area contributed by atoms with Gasteiger partial charge in [0.2, 0.25) is 0 Å². The molecule has 2 rings (SSSR count). The summed E-state index contributed by atoms with van der Waals surface area (Å²) < 4.78 is 5.10. The maximum absolute atomic E-state index is 12.1. The van der Waals surface area contributed by atoms with Crippen molar-refractivity contribution in [3.8, 4) is 0 Å². The Labute approximate surface area is 155 Å². The second-order valence-corrected chi connectivity index (χ2v) is 6.37. The van der Waals surface area contributed by atoms with Crippen LogP contribution in [-0.4, -0.2) is 32.6 Å². The minimum absolute atomic E-state index is 0.317. The van der Waals surface area contributed by atoms with Gasteiger partial charge in [-0.05, 0) is 48.7 Å². The van der Waals surface area contributed by atoms with Gasteiger partial charge in [-0.15, -0.1) is 0 Å². The van der Waals surface area contributed by atoms with Crippen molar-refractivity contribution in [3.05, 3.63) is 59.7 Å². The van der Waals surface area contributed by atoms with Gasteiger partial charge in [0.1, 0.15) is 0 Å². The van der Waals surface area contributed by atoms with Crippen LogP contribution in [0.3, 0.4) is 0 Å². The van der Waals surface area contributed by atoms with Crippen LogP contribution >= 0.6 is 0 Å². The minimum Gasteiger partial charge on any atom is -0.452 e. The summed E-state index contributed by atoms with van der Waals surface area (Å²) in [6, 6.07) is 14.8. The summed E-state index contributed by atoms with van der Waals surface area (Å²) in [7, 11) is 3.79. The highest BCUT2D eigenvalue weighted by molar-refractivity contribution is 5.95. The number of carbonyl (C=O) groups is 2. The van der Waals surface area contributed by atoms with Crippen molar-refractivity contribution in [3.63, 3.8) is 0 Å². The third-order valence-electron chi connectivity index (χ3n) is 3.99. The van der Waals surface area contributed by atoms with Crippen LogP contribution in [-0.2, 0) is 16.0 Å². The van der Waals surface area contributed by atoms with Gasteiger partial charge in [0.25, 0.3) is 5.91 Å². The molecule has 2 aromatic rings. The summed E-state index contributed by atoms with van der Waals surface area (Å²) in [5.74, 6) is -0.873. The molecule has 0 aromatic heterocycles. The van der Waals surface area contributed by atoms with E-state index in [0.29, 0.717) is 11.3 Å². The molecule has 2 aromatic carbocycles. The van der Waals surface area contributed by atoms with E-state index in [9.17, 15) is 9.59 Å². The minimum atomic E-state index is -0.515. The number of amides is 1. The molecule has 0 spiro atoms. The number of benzene rings is 2. The Balaban J connectivity index is 1.84. The zero-order valence-electron chi connectivity index (χ0n) is 15.6. The topological polar surface area (TPSA) is 58.6 Å². The van der Waals surface area contributed by atoms with Crippen molar-refractivity contribution in [1.29, 1.82) is 0 Å². The maximum atomic E-state index is 12.1. The predicted molar refractivity (Wildman–Crippen MR) is 105 cm³/mol. The number of rotatable bonds is 8. The van der Waals surface area contributed by atoms with Crippen molar-refractivity contribution >= 4 is 23.3 Å². The van der Waals surface area contributed by atoms with E-state index in [4.69, 9.17) is 4.74 Å². The lowest BCUT2D eigenvalue weighted by Crippen LogP contribution is -2.21. The lowest BCUT2D eigenvalue weighted by molar-refractivity contribution is -0.119. The number of anilines is 2. The van der Waals surface area contributed by atoms with Crippen LogP contribution in [0.2, 0.25) is 0 Å². The first-order valence-electron chi connectivity index (χ1n) is 8.83. The first-order valence-corrected chi connectivity index (χ1v) is 8.83. The van der Waals surface area contributed by atoms with Crippen molar-refractivity contribution < 1.29 is 14.3 Å². The van der Waals surface area contributed by atoms with Crippen LogP contribution in [0.4, 0.5) is 11.4 Å². The van der Waals surface area contributed by atoms with Gasteiger partial charge in [0.15, 0.2) is 6.61 Å². The van der Waals surface area contributed by atoms with E-state index in [0.717, 1.165) is 24.9 Å². The molecule has 0 aliphatic rings. The Morgan fingerprint density at radius 3 is 2.46 bits per heavy atom. The Hall–Kier alpha value is -2.82. The van der Waals surface area contributed by atoms with Crippen LogP contribution in [0.15, 0.2) is 48.5 Å². The van der Waals surface area contributed by atoms with E-state index in [1.807, 2.05) is 49.3 Å². The summed E-state index contributed by atoms with van der Waals surface area (Å²) >= 11 is 0. The van der Waals surface area contributed by atoms with E-state index in [1.165, 1.54) is 5.56 Å². The zero-order valence-corrected chi connectivity index (χ0v) is 15.6. The smallest absolute Gasteiger partial charge is 0.338 e. The molecule has 0 unspecified atom stereocenters. The van der Waals surface area contributed by atoms with Crippen LogP contribution in [0.1, 0.15) is 35.7 Å². The molecule has 1 amide bonds. The number of hydrogen-bond donors (Lipinski definition) is 1. The van der Waals surface area contributed by atoms with Gasteiger partial charge in [0.05, 0.1) is 5.56 Å². The highest BCUT2D eigenvalue weighted by Gasteiger charge is 2.11. The number of carbonyl (C=O) groups excluding carboxylic acids is 2. The molecular weight excluding hydrogens is 328 g/mol. The molecule has 5 heteroatoms. The van der Waals surface area contributed by atoms with Gasteiger partial charge in [-0.25, -0.2) is 4.79 Å². The normalized spacial score (nSPS) is 10.3. The van der Waals surface area contributed by atoms with Crippen molar-refractivity contribution in [1.82, 2.24) is 0 Å². The molecule has 0 aliphatic carbocycles. The molecule has 0 saturated carbocycles. The monoisotopic (exact) mass is 354 g/mol. The summed E-state index contributed by atoms with van der Waals surface area (Å²) in [6.07, 6.45) is 3.34. The molecule has 0 radical (unpaired) electrons. The highest BCUT2D eigenvalue weighted by Crippen LogP contribution is 2.15. The first-order chi connectivity index (χ1) is 12.5. The van der Waals surface area contributed by atoms with Gasteiger partial charge >= 0.3 is 5.97 Å². The van der Waals surface area contributed by atoms with Gasteiger partial charge in [-0.2, -0.15) is 0 Å². The van der Waals surface area contributed by atoms with E-state index in [-0.39, 0.29) is 12.5 Å². The quantitative estimate of drug-likeness (QED) is 0.731. The number of esters is 1. The van der Waals surface area contributed by atoms with Crippen molar-refractivity contribution in [2.75, 3.05) is 30.9 Å². The average molecular weight is 354 g/mol. The number of unbranched alkanes of at least 4 members (excludes halogenated alkanes) is 1. The van der Waals surface area contributed by atoms with Crippen LogP contribution in [0.25, 0.3) is 0 Å². The summed E-state index contributed by atoms with van der Waals surface area (Å²) in [5, 5.41) is 2.74. The van der Waals surface area contributed by atoms with Gasteiger partial charge in [-0.3, -0.25) is 4.79 Å². The summed E-state index contributed by atoms with van der Waals surface area (Å²) in [5.41, 5.74) is 3.26. The fourth-order valence-corrected chi connectivity index (χ4v) is 2.46. The second-order valence-electron chi connectivity index (χ2n) is 6.37. The molecule has 0 heterocycles. The summed E-state index contributed by atoms with van der Waals surface area (Å²) in [6.45, 7) is 1.84. The van der Waals surface area contributed by atoms with Gasteiger partial charge in [-0.1, -0.05) is 31.5 Å². The SMILES string of the molecule is CCCCc1ccc(NC(=O)COC(=O)c2cccc(N(C)C)c2)cc1. The van der Waals surface area contributed by atoms with E-state index in [2.05, 4.69) is 12.2 Å². The lowest BCUT2D eigenvalue weighted by atomic mass is 10.1. The number of ether oxygens (including phenoxy) is 1. The molecule has 0 bridgehead atoms. The number of hydrogen-bond acceptors (Lipinski definition) is 4.